The molecule has 1 atom stereocenters. The molecule has 0 saturated heterocycles. The maximum absolute atomic E-state index is 9.26. The molecule has 1 fully saturated rings. The molecule has 3 N–H and O–H groups in total. The SMILES string of the molecule is CCCC1CCC(CN)(OCC(C)O)CC1. The molecular formula is C13H27NO2. The standard InChI is InChI=1S/C13H27NO2/c1-3-4-12-5-7-13(10-14,8-6-12)16-9-11(2)15/h11-12,15H,3-10,14H2,1-2H3. The summed E-state index contributed by atoms with van der Waals surface area (Å²) in [5.41, 5.74) is 5.69. The summed E-state index contributed by atoms with van der Waals surface area (Å²) < 4.78 is 5.83. The quantitative estimate of drug-likeness (QED) is 0.733. The van der Waals surface area contributed by atoms with Crippen molar-refractivity contribution in [2.24, 2.45) is 11.7 Å². The maximum atomic E-state index is 9.26. The molecule has 0 aromatic rings. The molecule has 1 unspecified atom stereocenters. The minimum absolute atomic E-state index is 0.152. The largest absolute Gasteiger partial charge is 0.391 e. The fourth-order valence-electron chi connectivity index (χ4n) is 2.61. The van der Waals surface area contributed by atoms with Crippen molar-refractivity contribution in [3.05, 3.63) is 0 Å². The molecule has 1 saturated carbocycles. The second kappa shape index (κ2) is 6.58. The molecule has 3 nitrogen and oxygen atoms in total. The molecule has 0 aliphatic heterocycles. The summed E-state index contributed by atoms with van der Waals surface area (Å²) in [5.74, 6) is 0.861. The topological polar surface area (TPSA) is 55.5 Å². The van der Waals surface area contributed by atoms with E-state index in [1.165, 1.54) is 25.7 Å². The zero-order valence-electron chi connectivity index (χ0n) is 10.7. The zero-order chi connectivity index (χ0) is 12.0. The molecule has 0 spiro atoms. The van der Waals surface area contributed by atoms with Crippen molar-refractivity contribution in [2.45, 2.75) is 64.1 Å². The van der Waals surface area contributed by atoms with E-state index in [9.17, 15) is 5.11 Å². The summed E-state index contributed by atoms with van der Waals surface area (Å²) in [7, 11) is 0. The molecule has 0 amide bonds. The predicted octanol–water partition coefficient (Wildman–Crippen LogP) is 2.07. The van der Waals surface area contributed by atoms with Gasteiger partial charge in [-0.05, 0) is 38.5 Å². The van der Waals surface area contributed by atoms with Crippen molar-refractivity contribution in [2.75, 3.05) is 13.2 Å². The Bertz CT molecular complexity index is 186. The van der Waals surface area contributed by atoms with E-state index in [1.54, 1.807) is 6.92 Å². The third kappa shape index (κ3) is 4.04. The van der Waals surface area contributed by atoms with E-state index < -0.39 is 6.10 Å². The van der Waals surface area contributed by atoms with E-state index >= 15 is 0 Å². The average Bonchev–Trinajstić information content (AvgIpc) is 2.29. The van der Waals surface area contributed by atoms with Gasteiger partial charge in [0.15, 0.2) is 0 Å². The number of hydrogen-bond donors (Lipinski definition) is 2. The van der Waals surface area contributed by atoms with Gasteiger partial charge in [-0.25, -0.2) is 0 Å². The normalized spacial score (nSPS) is 32.6. The van der Waals surface area contributed by atoms with Crippen molar-refractivity contribution in [1.82, 2.24) is 0 Å². The minimum Gasteiger partial charge on any atom is -0.391 e. The monoisotopic (exact) mass is 229 g/mol. The van der Waals surface area contributed by atoms with Gasteiger partial charge in [0.05, 0.1) is 18.3 Å². The van der Waals surface area contributed by atoms with Gasteiger partial charge in [0.2, 0.25) is 0 Å². The van der Waals surface area contributed by atoms with Gasteiger partial charge < -0.3 is 15.6 Å². The van der Waals surface area contributed by atoms with Crippen LogP contribution in [-0.2, 0) is 4.74 Å². The van der Waals surface area contributed by atoms with Crippen LogP contribution < -0.4 is 5.73 Å². The van der Waals surface area contributed by atoms with Crippen LogP contribution in [0.4, 0.5) is 0 Å². The predicted molar refractivity (Wildman–Crippen MR) is 66.3 cm³/mol. The Morgan fingerprint density at radius 2 is 2.06 bits per heavy atom. The first-order chi connectivity index (χ1) is 7.62. The third-order valence-corrected chi connectivity index (χ3v) is 3.72. The first-order valence-electron chi connectivity index (χ1n) is 6.64. The van der Waals surface area contributed by atoms with Gasteiger partial charge in [0.25, 0.3) is 0 Å². The Kier molecular flexibility index (Phi) is 5.73. The highest BCUT2D eigenvalue weighted by atomic mass is 16.5. The molecule has 0 aromatic heterocycles. The number of ether oxygens (including phenoxy) is 1. The lowest BCUT2D eigenvalue weighted by Crippen LogP contribution is -2.45. The van der Waals surface area contributed by atoms with E-state index in [-0.39, 0.29) is 5.60 Å². The highest BCUT2D eigenvalue weighted by Gasteiger charge is 2.34. The molecule has 0 aromatic carbocycles. The molecule has 0 heterocycles. The molecule has 0 bridgehead atoms. The van der Waals surface area contributed by atoms with Gasteiger partial charge in [0, 0.05) is 6.54 Å². The van der Waals surface area contributed by atoms with Gasteiger partial charge in [0.1, 0.15) is 0 Å². The van der Waals surface area contributed by atoms with Gasteiger partial charge >= 0.3 is 0 Å². The smallest absolute Gasteiger partial charge is 0.0805 e. The number of rotatable bonds is 6. The fraction of sp³-hybridized carbons (Fsp3) is 1.00. The Balaban J connectivity index is 2.38. The van der Waals surface area contributed by atoms with Crippen LogP contribution in [-0.4, -0.2) is 30.0 Å². The van der Waals surface area contributed by atoms with Crippen LogP contribution >= 0.6 is 0 Å². The van der Waals surface area contributed by atoms with Crippen LogP contribution in [0, 0.1) is 5.92 Å². The second-order valence-corrected chi connectivity index (χ2v) is 5.28. The van der Waals surface area contributed by atoms with E-state index in [0.717, 1.165) is 18.8 Å². The third-order valence-electron chi connectivity index (χ3n) is 3.72. The summed E-state index contributed by atoms with van der Waals surface area (Å²) in [6.07, 6.45) is 6.78. The van der Waals surface area contributed by atoms with Crippen LogP contribution in [0.1, 0.15) is 52.4 Å². The Morgan fingerprint density at radius 3 is 2.50 bits per heavy atom. The van der Waals surface area contributed by atoms with Crippen molar-refractivity contribution >= 4 is 0 Å². The van der Waals surface area contributed by atoms with Crippen molar-refractivity contribution in [3.8, 4) is 0 Å². The molecule has 1 aliphatic carbocycles. The second-order valence-electron chi connectivity index (χ2n) is 5.28. The first-order valence-corrected chi connectivity index (χ1v) is 6.64. The highest BCUT2D eigenvalue weighted by Crippen LogP contribution is 2.36. The summed E-state index contributed by atoms with van der Waals surface area (Å²) >= 11 is 0. The van der Waals surface area contributed by atoms with Crippen molar-refractivity contribution < 1.29 is 9.84 Å². The maximum Gasteiger partial charge on any atom is 0.0805 e. The molecule has 96 valence electrons. The summed E-state index contributed by atoms with van der Waals surface area (Å²) in [6.45, 7) is 5.00. The minimum atomic E-state index is -0.392. The summed E-state index contributed by atoms with van der Waals surface area (Å²) in [4.78, 5) is 0. The summed E-state index contributed by atoms with van der Waals surface area (Å²) in [6, 6.07) is 0. The van der Waals surface area contributed by atoms with E-state index in [2.05, 4.69) is 6.92 Å². The molecule has 0 radical (unpaired) electrons. The van der Waals surface area contributed by atoms with Crippen LogP contribution in [0.2, 0.25) is 0 Å². The van der Waals surface area contributed by atoms with Crippen LogP contribution in [0.25, 0.3) is 0 Å². The zero-order valence-corrected chi connectivity index (χ0v) is 10.7. The van der Waals surface area contributed by atoms with Gasteiger partial charge in [-0.2, -0.15) is 0 Å². The lowest BCUT2D eigenvalue weighted by molar-refractivity contribution is -0.0963. The Hall–Kier alpha value is -0.120. The molecular weight excluding hydrogens is 202 g/mol. The Morgan fingerprint density at radius 1 is 1.44 bits per heavy atom. The van der Waals surface area contributed by atoms with E-state index in [4.69, 9.17) is 10.5 Å². The Labute approximate surface area is 99.4 Å². The number of aliphatic hydroxyl groups excluding tert-OH is 1. The van der Waals surface area contributed by atoms with E-state index in [1.807, 2.05) is 0 Å². The number of aliphatic hydroxyl groups is 1. The number of nitrogens with two attached hydrogens (primary N) is 1. The molecule has 16 heavy (non-hydrogen) atoms. The van der Waals surface area contributed by atoms with Gasteiger partial charge in [-0.15, -0.1) is 0 Å². The molecule has 3 heteroatoms. The first kappa shape index (κ1) is 13.9. The summed E-state index contributed by atoms with van der Waals surface area (Å²) in [5, 5.41) is 9.26. The average molecular weight is 229 g/mol. The number of hydrogen-bond acceptors (Lipinski definition) is 3. The molecule has 1 aliphatic rings. The lowest BCUT2D eigenvalue weighted by Gasteiger charge is -2.39. The fourth-order valence-corrected chi connectivity index (χ4v) is 2.61. The lowest BCUT2D eigenvalue weighted by atomic mass is 9.77. The van der Waals surface area contributed by atoms with Crippen LogP contribution in [0.3, 0.4) is 0 Å². The van der Waals surface area contributed by atoms with Crippen LogP contribution in [0.15, 0.2) is 0 Å². The highest BCUT2D eigenvalue weighted by molar-refractivity contribution is 4.88. The molecule has 1 rings (SSSR count). The van der Waals surface area contributed by atoms with E-state index in [0.29, 0.717) is 13.2 Å². The van der Waals surface area contributed by atoms with Crippen molar-refractivity contribution in [3.63, 3.8) is 0 Å². The van der Waals surface area contributed by atoms with Gasteiger partial charge in [-0.1, -0.05) is 19.8 Å². The van der Waals surface area contributed by atoms with Crippen LogP contribution in [0.5, 0.6) is 0 Å². The van der Waals surface area contributed by atoms with Crippen molar-refractivity contribution in [1.29, 1.82) is 0 Å². The van der Waals surface area contributed by atoms with Gasteiger partial charge in [-0.3, -0.25) is 0 Å².